The van der Waals surface area contributed by atoms with Gasteiger partial charge in [-0.25, -0.2) is 4.79 Å². The van der Waals surface area contributed by atoms with E-state index in [9.17, 15) is 4.79 Å². The monoisotopic (exact) mass is 411 g/mol. The highest BCUT2D eigenvalue weighted by Gasteiger charge is 2.12. The number of nitrogens with zero attached hydrogens (tertiary/aromatic N) is 1. The average Bonchev–Trinajstić information content (AvgIpc) is 2.74. The van der Waals surface area contributed by atoms with Gasteiger partial charge < -0.3 is 9.15 Å². The van der Waals surface area contributed by atoms with Crippen molar-refractivity contribution in [1.29, 1.82) is 0 Å². The molecule has 3 aromatic rings. The van der Waals surface area contributed by atoms with Gasteiger partial charge in [-0.3, -0.25) is 4.90 Å². The third-order valence-corrected chi connectivity index (χ3v) is 5.17. The minimum absolute atomic E-state index is 0. The Labute approximate surface area is 177 Å². The molecular weight excluding hydrogens is 386 g/mol. The van der Waals surface area contributed by atoms with Crippen molar-refractivity contribution >= 4 is 28.9 Å². The van der Waals surface area contributed by atoms with Crippen LogP contribution in [0.1, 0.15) is 24.8 Å². The SMILES string of the molecule is Cl.O=c1ccc2ccc(OCCCCN3CC=C(c4ccccc4)CC3)cc2o1. The lowest BCUT2D eigenvalue weighted by Crippen LogP contribution is -2.29. The molecule has 1 aliphatic heterocycles. The maximum Gasteiger partial charge on any atom is 0.336 e. The van der Waals surface area contributed by atoms with Gasteiger partial charge in [0.1, 0.15) is 11.3 Å². The molecule has 0 amide bonds. The zero-order valence-corrected chi connectivity index (χ0v) is 17.2. The van der Waals surface area contributed by atoms with Crippen LogP contribution in [0.3, 0.4) is 0 Å². The molecule has 2 heterocycles. The fourth-order valence-electron chi connectivity index (χ4n) is 3.59. The first-order valence-corrected chi connectivity index (χ1v) is 9.91. The lowest BCUT2D eigenvalue weighted by molar-refractivity contribution is 0.265. The second-order valence-electron chi connectivity index (χ2n) is 7.16. The van der Waals surface area contributed by atoms with Gasteiger partial charge in [0.15, 0.2) is 0 Å². The van der Waals surface area contributed by atoms with Gasteiger partial charge in [-0.1, -0.05) is 36.4 Å². The zero-order valence-electron chi connectivity index (χ0n) is 16.4. The van der Waals surface area contributed by atoms with E-state index in [1.807, 2.05) is 12.1 Å². The summed E-state index contributed by atoms with van der Waals surface area (Å²) in [5.74, 6) is 0.746. The van der Waals surface area contributed by atoms with Crippen LogP contribution in [0.4, 0.5) is 0 Å². The Hall–Kier alpha value is -2.56. The molecule has 152 valence electrons. The van der Waals surface area contributed by atoms with E-state index in [0.29, 0.717) is 12.2 Å². The summed E-state index contributed by atoms with van der Waals surface area (Å²) in [4.78, 5) is 13.8. The van der Waals surface area contributed by atoms with Crippen LogP contribution in [0.2, 0.25) is 0 Å². The Morgan fingerprint density at radius 3 is 2.62 bits per heavy atom. The molecule has 4 rings (SSSR count). The van der Waals surface area contributed by atoms with Crippen molar-refractivity contribution in [3.63, 3.8) is 0 Å². The minimum atomic E-state index is -0.337. The summed E-state index contributed by atoms with van der Waals surface area (Å²) >= 11 is 0. The Balaban J connectivity index is 0.00000240. The fourth-order valence-corrected chi connectivity index (χ4v) is 3.59. The molecule has 0 fully saturated rings. The molecule has 0 bridgehead atoms. The second kappa shape index (κ2) is 10.3. The van der Waals surface area contributed by atoms with Crippen molar-refractivity contribution in [1.82, 2.24) is 4.90 Å². The fraction of sp³-hybridized carbons (Fsp3) is 0.292. The first-order chi connectivity index (χ1) is 13.8. The molecule has 5 heteroatoms. The van der Waals surface area contributed by atoms with Crippen LogP contribution < -0.4 is 10.4 Å². The molecule has 0 aliphatic carbocycles. The number of hydrogen-bond acceptors (Lipinski definition) is 4. The van der Waals surface area contributed by atoms with Crippen LogP contribution in [-0.2, 0) is 0 Å². The van der Waals surface area contributed by atoms with Crippen molar-refractivity contribution in [3.05, 3.63) is 82.7 Å². The van der Waals surface area contributed by atoms with E-state index >= 15 is 0 Å². The maximum absolute atomic E-state index is 11.3. The minimum Gasteiger partial charge on any atom is -0.493 e. The summed E-state index contributed by atoms with van der Waals surface area (Å²) in [6.45, 7) is 3.90. The van der Waals surface area contributed by atoms with E-state index in [-0.39, 0.29) is 18.0 Å². The Morgan fingerprint density at radius 1 is 1.00 bits per heavy atom. The van der Waals surface area contributed by atoms with E-state index in [4.69, 9.17) is 9.15 Å². The Kier molecular flexibility index (Phi) is 7.50. The number of halogens is 1. The molecular formula is C24H26ClNO3. The van der Waals surface area contributed by atoms with Gasteiger partial charge in [0.25, 0.3) is 0 Å². The van der Waals surface area contributed by atoms with E-state index in [1.165, 1.54) is 17.2 Å². The van der Waals surface area contributed by atoms with Crippen molar-refractivity contribution in [3.8, 4) is 5.75 Å². The molecule has 4 nitrogen and oxygen atoms in total. The van der Waals surface area contributed by atoms with Gasteiger partial charge in [0.2, 0.25) is 0 Å². The van der Waals surface area contributed by atoms with Crippen molar-refractivity contribution in [2.24, 2.45) is 0 Å². The smallest absolute Gasteiger partial charge is 0.336 e. The lowest BCUT2D eigenvalue weighted by Gasteiger charge is -2.26. The first kappa shape index (κ1) is 21.2. The summed E-state index contributed by atoms with van der Waals surface area (Å²) in [6.07, 6.45) is 5.58. The van der Waals surface area contributed by atoms with Gasteiger partial charge in [-0.05, 0) is 55.1 Å². The molecule has 0 spiro atoms. The van der Waals surface area contributed by atoms with E-state index in [0.717, 1.165) is 50.0 Å². The van der Waals surface area contributed by atoms with Gasteiger partial charge in [-0.2, -0.15) is 0 Å². The standard InChI is InChI=1S/C24H25NO3.ClH/c26-24-11-9-21-8-10-22(18-23(21)28-24)27-17-5-4-14-25-15-12-20(13-16-25)19-6-2-1-3-7-19;/h1-3,6-12,18H,4-5,13-17H2;1H. The van der Waals surface area contributed by atoms with Crippen LogP contribution in [0, 0.1) is 0 Å². The third kappa shape index (κ3) is 5.72. The number of unbranched alkanes of at least 4 members (excludes halogenated alkanes) is 1. The highest BCUT2D eigenvalue weighted by atomic mass is 35.5. The van der Waals surface area contributed by atoms with Crippen LogP contribution >= 0.6 is 12.4 Å². The molecule has 0 radical (unpaired) electrons. The van der Waals surface area contributed by atoms with Crippen LogP contribution in [-0.4, -0.2) is 31.1 Å². The predicted octanol–water partition coefficient (Wildman–Crippen LogP) is 5.16. The third-order valence-electron chi connectivity index (χ3n) is 5.17. The van der Waals surface area contributed by atoms with Gasteiger partial charge in [0, 0.05) is 30.6 Å². The van der Waals surface area contributed by atoms with Crippen molar-refractivity contribution in [2.45, 2.75) is 19.3 Å². The molecule has 0 atom stereocenters. The van der Waals surface area contributed by atoms with Gasteiger partial charge in [-0.15, -0.1) is 12.4 Å². The maximum atomic E-state index is 11.3. The molecule has 0 saturated heterocycles. The van der Waals surface area contributed by atoms with Crippen molar-refractivity contribution < 1.29 is 9.15 Å². The summed E-state index contributed by atoms with van der Waals surface area (Å²) in [7, 11) is 0. The lowest BCUT2D eigenvalue weighted by atomic mass is 9.99. The van der Waals surface area contributed by atoms with Crippen LogP contribution in [0.15, 0.2) is 76.0 Å². The number of rotatable bonds is 7. The molecule has 0 N–H and O–H groups in total. The molecule has 0 saturated carbocycles. The average molecular weight is 412 g/mol. The molecule has 1 aromatic heterocycles. The summed E-state index contributed by atoms with van der Waals surface area (Å²) in [6, 6.07) is 19.5. The van der Waals surface area contributed by atoms with Crippen LogP contribution in [0.5, 0.6) is 5.75 Å². The van der Waals surface area contributed by atoms with Gasteiger partial charge in [0.05, 0.1) is 6.61 Å². The quantitative estimate of drug-likeness (QED) is 0.397. The first-order valence-electron chi connectivity index (χ1n) is 9.91. The number of hydrogen-bond donors (Lipinski definition) is 0. The largest absolute Gasteiger partial charge is 0.493 e. The van der Waals surface area contributed by atoms with Crippen LogP contribution in [0.25, 0.3) is 16.5 Å². The topological polar surface area (TPSA) is 42.7 Å². The van der Waals surface area contributed by atoms with Crippen molar-refractivity contribution in [2.75, 3.05) is 26.2 Å². The second-order valence-corrected chi connectivity index (χ2v) is 7.16. The molecule has 2 aromatic carbocycles. The molecule has 29 heavy (non-hydrogen) atoms. The predicted molar refractivity (Wildman–Crippen MR) is 120 cm³/mol. The highest BCUT2D eigenvalue weighted by molar-refractivity contribution is 5.85. The Morgan fingerprint density at radius 2 is 1.83 bits per heavy atom. The van der Waals surface area contributed by atoms with Gasteiger partial charge >= 0.3 is 5.63 Å². The Bertz CT molecular complexity index is 1010. The van der Waals surface area contributed by atoms with E-state index in [2.05, 4.69) is 41.3 Å². The molecule has 1 aliphatic rings. The molecule has 0 unspecified atom stereocenters. The van der Waals surface area contributed by atoms with E-state index < -0.39 is 0 Å². The highest BCUT2D eigenvalue weighted by Crippen LogP contribution is 2.22. The summed E-state index contributed by atoms with van der Waals surface area (Å²) in [5.41, 5.74) is 3.04. The normalized spacial score (nSPS) is 14.3. The van der Waals surface area contributed by atoms with E-state index in [1.54, 1.807) is 12.1 Å². The summed E-state index contributed by atoms with van der Waals surface area (Å²) in [5, 5.41) is 0.903. The number of ether oxygens (including phenoxy) is 1. The summed E-state index contributed by atoms with van der Waals surface area (Å²) < 4.78 is 11.0. The zero-order chi connectivity index (χ0) is 19.2. The number of benzene rings is 2. The number of fused-ring (bicyclic) bond motifs is 1.